The zero-order valence-electron chi connectivity index (χ0n) is 14.0. The molecule has 1 aliphatic heterocycles. The minimum Gasteiger partial charge on any atom is -0.322 e. The van der Waals surface area contributed by atoms with Crippen LogP contribution < -0.4 is 5.32 Å². The molecule has 132 valence electrons. The molecular weight excluding hydrogens is 403 g/mol. The highest BCUT2D eigenvalue weighted by Crippen LogP contribution is 2.23. The lowest BCUT2D eigenvalue weighted by Crippen LogP contribution is -2.32. The quantitative estimate of drug-likeness (QED) is 0.774. The summed E-state index contributed by atoms with van der Waals surface area (Å²) >= 11 is 5.26. The predicted octanol–water partition coefficient (Wildman–Crippen LogP) is 4.70. The van der Waals surface area contributed by atoms with Crippen LogP contribution in [0.4, 0.5) is 10.1 Å². The molecule has 3 rings (SSSR count). The first-order valence-corrected chi connectivity index (χ1v) is 10.1. The molecule has 2 aromatic carbocycles. The zero-order valence-corrected chi connectivity index (χ0v) is 16.4. The molecule has 0 aliphatic carbocycles. The van der Waals surface area contributed by atoms with Crippen molar-refractivity contribution >= 4 is 39.3 Å². The summed E-state index contributed by atoms with van der Waals surface area (Å²) in [7, 11) is 0. The number of hydrogen-bond donors (Lipinski definition) is 1. The highest BCUT2D eigenvalue weighted by molar-refractivity contribution is 9.10. The molecule has 0 aromatic heterocycles. The van der Waals surface area contributed by atoms with E-state index in [1.54, 1.807) is 6.07 Å². The average Bonchev–Trinajstić information content (AvgIpc) is 2.61. The monoisotopic (exact) mass is 422 g/mol. The number of anilines is 1. The van der Waals surface area contributed by atoms with Crippen molar-refractivity contribution < 1.29 is 9.18 Å². The molecule has 0 atom stereocenters. The second-order valence-electron chi connectivity index (χ2n) is 6.06. The Morgan fingerprint density at radius 3 is 2.80 bits per heavy atom. The van der Waals surface area contributed by atoms with Crippen molar-refractivity contribution in [1.82, 2.24) is 4.90 Å². The summed E-state index contributed by atoms with van der Waals surface area (Å²) in [5.41, 5.74) is 2.99. The molecule has 0 saturated carbocycles. The van der Waals surface area contributed by atoms with E-state index in [-0.39, 0.29) is 5.56 Å². The van der Waals surface area contributed by atoms with Crippen molar-refractivity contribution in [1.29, 1.82) is 0 Å². The molecule has 1 fully saturated rings. The van der Waals surface area contributed by atoms with Crippen molar-refractivity contribution in [2.45, 2.75) is 13.5 Å². The van der Waals surface area contributed by atoms with Gasteiger partial charge in [0.1, 0.15) is 5.82 Å². The third kappa shape index (κ3) is 4.63. The Hall–Kier alpha value is -1.37. The Morgan fingerprint density at radius 1 is 1.28 bits per heavy atom. The highest BCUT2D eigenvalue weighted by Gasteiger charge is 2.16. The van der Waals surface area contributed by atoms with E-state index in [1.165, 1.54) is 17.7 Å². The third-order valence-corrected chi connectivity index (χ3v) is 5.80. The van der Waals surface area contributed by atoms with E-state index in [2.05, 4.69) is 32.2 Å². The molecule has 1 aliphatic rings. The Labute approximate surface area is 160 Å². The standard InChI is InChI=1S/C19H20BrFN2OS/c1-13-14(12-23-7-9-25-10-8-23)3-2-4-18(13)22-19(24)16-11-15(20)5-6-17(16)21/h2-6,11H,7-10,12H2,1H3,(H,22,24). The van der Waals surface area contributed by atoms with Gasteiger partial charge in [-0.25, -0.2) is 4.39 Å². The van der Waals surface area contributed by atoms with Gasteiger partial charge in [-0.1, -0.05) is 28.1 Å². The van der Waals surface area contributed by atoms with E-state index < -0.39 is 11.7 Å². The molecule has 1 N–H and O–H groups in total. The number of amides is 1. The number of nitrogens with zero attached hydrogens (tertiary/aromatic N) is 1. The molecule has 0 bridgehead atoms. The van der Waals surface area contributed by atoms with E-state index in [4.69, 9.17) is 0 Å². The van der Waals surface area contributed by atoms with Crippen LogP contribution in [-0.4, -0.2) is 35.4 Å². The summed E-state index contributed by atoms with van der Waals surface area (Å²) in [6.07, 6.45) is 0. The van der Waals surface area contributed by atoms with Crippen molar-refractivity contribution in [2.24, 2.45) is 0 Å². The summed E-state index contributed by atoms with van der Waals surface area (Å²) in [6.45, 7) is 5.05. The average molecular weight is 423 g/mol. The van der Waals surface area contributed by atoms with Gasteiger partial charge in [0.15, 0.2) is 0 Å². The highest BCUT2D eigenvalue weighted by atomic mass is 79.9. The van der Waals surface area contributed by atoms with Crippen molar-refractivity contribution in [2.75, 3.05) is 29.9 Å². The molecular formula is C19H20BrFN2OS. The molecule has 1 amide bonds. The van der Waals surface area contributed by atoms with Crippen LogP contribution in [0.1, 0.15) is 21.5 Å². The second kappa shape index (κ2) is 8.34. The largest absolute Gasteiger partial charge is 0.322 e. The lowest BCUT2D eigenvalue weighted by Gasteiger charge is -2.27. The van der Waals surface area contributed by atoms with Crippen molar-refractivity contribution in [3.05, 3.63) is 63.4 Å². The lowest BCUT2D eigenvalue weighted by molar-refractivity contribution is 0.102. The van der Waals surface area contributed by atoms with Crippen molar-refractivity contribution in [3.63, 3.8) is 0 Å². The zero-order chi connectivity index (χ0) is 17.8. The van der Waals surface area contributed by atoms with Crippen LogP contribution in [0.2, 0.25) is 0 Å². The molecule has 1 saturated heterocycles. The summed E-state index contributed by atoms with van der Waals surface area (Å²) in [5, 5.41) is 2.85. The summed E-state index contributed by atoms with van der Waals surface area (Å²) in [4.78, 5) is 14.9. The Kier molecular flexibility index (Phi) is 6.15. The fourth-order valence-electron chi connectivity index (χ4n) is 2.85. The number of thioether (sulfide) groups is 1. The van der Waals surface area contributed by atoms with Crippen LogP contribution in [0.15, 0.2) is 40.9 Å². The van der Waals surface area contributed by atoms with Crippen LogP contribution in [0.25, 0.3) is 0 Å². The smallest absolute Gasteiger partial charge is 0.258 e. The van der Waals surface area contributed by atoms with Gasteiger partial charge in [0.05, 0.1) is 5.56 Å². The summed E-state index contributed by atoms with van der Waals surface area (Å²) in [6, 6.07) is 10.2. The predicted molar refractivity (Wildman–Crippen MR) is 106 cm³/mol. The number of nitrogens with one attached hydrogen (secondary N) is 1. The number of carbonyl (C=O) groups is 1. The van der Waals surface area contributed by atoms with Crippen LogP contribution in [0, 0.1) is 12.7 Å². The number of benzene rings is 2. The topological polar surface area (TPSA) is 32.3 Å². The minimum absolute atomic E-state index is 0.0345. The van der Waals surface area contributed by atoms with Crippen LogP contribution in [0.5, 0.6) is 0 Å². The third-order valence-electron chi connectivity index (χ3n) is 4.36. The van der Waals surface area contributed by atoms with E-state index in [9.17, 15) is 9.18 Å². The first-order valence-electron chi connectivity index (χ1n) is 8.19. The molecule has 25 heavy (non-hydrogen) atoms. The Morgan fingerprint density at radius 2 is 2.04 bits per heavy atom. The maximum Gasteiger partial charge on any atom is 0.258 e. The van der Waals surface area contributed by atoms with Gasteiger partial charge in [-0.15, -0.1) is 0 Å². The van der Waals surface area contributed by atoms with Crippen LogP contribution >= 0.6 is 27.7 Å². The number of hydrogen-bond acceptors (Lipinski definition) is 3. The van der Waals surface area contributed by atoms with E-state index in [0.717, 1.165) is 42.4 Å². The molecule has 6 heteroatoms. The van der Waals surface area contributed by atoms with Gasteiger partial charge in [0, 0.05) is 41.3 Å². The van der Waals surface area contributed by atoms with Gasteiger partial charge in [0.2, 0.25) is 0 Å². The fraction of sp³-hybridized carbons (Fsp3) is 0.316. The summed E-state index contributed by atoms with van der Waals surface area (Å²) < 4.78 is 14.6. The van der Waals surface area contributed by atoms with Gasteiger partial charge >= 0.3 is 0 Å². The SMILES string of the molecule is Cc1c(CN2CCSCC2)cccc1NC(=O)c1cc(Br)ccc1F. The Balaban J connectivity index is 1.77. The molecule has 0 radical (unpaired) electrons. The minimum atomic E-state index is -0.527. The van der Waals surface area contributed by atoms with Gasteiger partial charge in [-0.3, -0.25) is 9.69 Å². The number of carbonyl (C=O) groups excluding carboxylic acids is 1. The van der Waals surface area contributed by atoms with Gasteiger partial charge < -0.3 is 5.32 Å². The van der Waals surface area contributed by atoms with Crippen LogP contribution in [-0.2, 0) is 6.54 Å². The Bertz CT molecular complexity index is 778. The van der Waals surface area contributed by atoms with E-state index >= 15 is 0 Å². The molecule has 2 aromatic rings. The first-order chi connectivity index (χ1) is 12.0. The van der Waals surface area contributed by atoms with Gasteiger partial charge in [-0.2, -0.15) is 11.8 Å². The molecule has 3 nitrogen and oxygen atoms in total. The van der Waals surface area contributed by atoms with Crippen LogP contribution in [0.3, 0.4) is 0 Å². The normalized spacial score (nSPS) is 15.2. The van der Waals surface area contributed by atoms with E-state index in [0.29, 0.717) is 4.47 Å². The van der Waals surface area contributed by atoms with Gasteiger partial charge in [0.25, 0.3) is 5.91 Å². The maximum atomic E-state index is 13.9. The maximum absolute atomic E-state index is 13.9. The fourth-order valence-corrected chi connectivity index (χ4v) is 4.19. The number of halogens is 2. The van der Waals surface area contributed by atoms with E-state index in [1.807, 2.05) is 30.8 Å². The lowest BCUT2D eigenvalue weighted by atomic mass is 10.1. The number of rotatable bonds is 4. The van der Waals surface area contributed by atoms with Gasteiger partial charge in [-0.05, 0) is 42.3 Å². The first kappa shape index (κ1) is 18.4. The van der Waals surface area contributed by atoms with Crippen molar-refractivity contribution in [3.8, 4) is 0 Å². The second-order valence-corrected chi connectivity index (χ2v) is 8.20. The molecule has 0 spiro atoms. The molecule has 1 heterocycles. The summed E-state index contributed by atoms with van der Waals surface area (Å²) in [5.74, 6) is 1.36. The molecule has 0 unspecified atom stereocenters.